The van der Waals surface area contributed by atoms with Gasteiger partial charge in [0, 0.05) is 0 Å². The molecule has 0 bridgehead atoms. The van der Waals surface area contributed by atoms with Crippen LogP contribution in [0.1, 0.15) is 35.6 Å². The van der Waals surface area contributed by atoms with Gasteiger partial charge < -0.3 is 10.1 Å². The van der Waals surface area contributed by atoms with Crippen LogP contribution in [0.3, 0.4) is 0 Å². The predicted octanol–water partition coefficient (Wildman–Crippen LogP) is 0.0158. The zero-order valence-electron chi connectivity index (χ0n) is 7.91. The van der Waals surface area contributed by atoms with Crippen molar-refractivity contribution in [1.82, 2.24) is 20.7 Å². The molecule has 0 spiro atoms. The molecule has 0 amide bonds. The second-order valence-corrected chi connectivity index (χ2v) is 3.07. The van der Waals surface area contributed by atoms with E-state index >= 15 is 0 Å². The summed E-state index contributed by atoms with van der Waals surface area (Å²) >= 11 is 0. The van der Waals surface area contributed by atoms with Gasteiger partial charge in [-0.2, -0.15) is 10.3 Å². The van der Waals surface area contributed by atoms with Crippen LogP contribution in [0.25, 0.3) is 0 Å². The van der Waals surface area contributed by atoms with Crippen LogP contribution in [0.15, 0.2) is 0 Å². The lowest BCUT2D eigenvalue weighted by atomic mass is 10.0. The lowest BCUT2D eigenvalue weighted by molar-refractivity contribution is 0.0516. The normalized spacial score (nSPS) is 20.2. The molecule has 1 aromatic heterocycles. The van der Waals surface area contributed by atoms with Gasteiger partial charge in [0.25, 0.3) is 0 Å². The zero-order valence-corrected chi connectivity index (χ0v) is 7.91. The Kier molecular flexibility index (Phi) is 2.45. The highest BCUT2D eigenvalue weighted by molar-refractivity contribution is 5.88. The van der Waals surface area contributed by atoms with E-state index in [1.165, 1.54) is 0 Å². The molecule has 2 N–H and O–H groups in total. The Hall–Kier alpha value is -1.43. The minimum Gasteiger partial charge on any atom is -0.461 e. The van der Waals surface area contributed by atoms with E-state index in [-0.39, 0.29) is 6.04 Å². The Morgan fingerprint density at radius 3 is 3.00 bits per heavy atom. The molecule has 1 unspecified atom stereocenters. The Morgan fingerprint density at radius 1 is 1.64 bits per heavy atom. The molecule has 1 atom stereocenters. The van der Waals surface area contributed by atoms with E-state index in [9.17, 15) is 4.79 Å². The van der Waals surface area contributed by atoms with Crippen molar-refractivity contribution in [2.24, 2.45) is 0 Å². The Morgan fingerprint density at radius 2 is 2.43 bits per heavy atom. The van der Waals surface area contributed by atoms with E-state index in [1.54, 1.807) is 6.92 Å². The summed E-state index contributed by atoms with van der Waals surface area (Å²) in [4.78, 5) is 11.4. The topological polar surface area (TPSA) is 79.9 Å². The summed E-state index contributed by atoms with van der Waals surface area (Å²) < 4.78 is 4.86. The molecule has 1 fully saturated rings. The maximum atomic E-state index is 11.4. The summed E-state index contributed by atoms with van der Waals surface area (Å²) in [5.41, 5.74) is 0.957. The molecule has 0 aromatic carbocycles. The molecule has 76 valence electrons. The first-order valence-corrected chi connectivity index (χ1v) is 4.64. The third-order valence-corrected chi connectivity index (χ3v) is 2.20. The summed E-state index contributed by atoms with van der Waals surface area (Å²) in [6, 6.07) is 0.146. The van der Waals surface area contributed by atoms with Gasteiger partial charge in [-0.3, -0.25) is 0 Å². The summed E-state index contributed by atoms with van der Waals surface area (Å²) in [5.74, 6) is -0.412. The van der Waals surface area contributed by atoms with Crippen molar-refractivity contribution in [3.63, 3.8) is 0 Å². The standard InChI is InChI=1S/C8H12N4O2/c1-2-14-8(13)7-6(10-12-11-7)5-3-4-9-5/h5,9H,2-4H2,1H3,(H,10,11,12). The minimum atomic E-state index is -0.412. The van der Waals surface area contributed by atoms with Crippen molar-refractivity contribution >= 4 is 5.97 Å². The first-order chi connectivity index (χ1) is 6.83. The van der Waals surface area contributed by atoms with E-state index in [1.807, 2.05) is 0 Å². The van der Waals surface area contributed by atoms with Crippen molar-refractivity contribution < 1.29 is 9.53 Å². The lowest BCUT2D eigenvalue weighted by Gasteiger charge is -2.25. The smallest absolute Gasteiger partial charge is 0.360 e. The first kappa shape index (κ1) is 9.14. The first-order valence-electron chi connectivity index (χ1n) is 4.64. The number of nitrogens with zero attached hydrogens (tertiary/aromatic N) is 2. The number of hydrogen-bond acceptors (Lipinski definition) is 5. The summed E-state index contributed by atoms with van der Waals surface area (Å²) in [7, 11) is 0. The van der Waals surface area contributed by atoms with Gasteiger partial charge in [0.1, 0.15) is 5.69 Å². The summed E-state index contributed by atoms with van der Waals surface area (Å²) in [5, 5.41) is 13.3. The van der Waals surface area contributed by atoms with Gasteiger partial charge in [0.2, 0.25) is 0 Å². The quantitative estimate of drug-likeness (QED) is 0.666. The number of nitrogens with one attached hydrogen (secondary N) is 2. The van der Waals surface area contributed by atoms with Crippen LogP contribution in [0.4, 0.5) is 0 Å². The number of ether oxygens (including phenoxy) is 1. The van der Waals surface area contributed by atoms with Crippen molar-refractivity contribution in [1.29, 1.82) is 0 Å². The number of hydrogen-bond donors (Lipinski definition) is 2. The van der Waals surface area contributed by atoms with Crippen molar-refractivity contribution in [2.75, 3.05) is 13.2 Å². The van der Waals surface area contributed by atoms with Crippen molar-refractivity contribution in [2.45, 2.75) is 19.4 Å². The molecule has 14 heavy (non-hydrogen) atoms. The molecule has 1 aliphatic heterocycles. The van der Waals surface area contributed by atoms with Crippen LogP contribution in [0.2, 0.25) is 0 Å². The zero-order chi connectivity index (χ0) is 9.97. The lowest BCUT2D eigenvalue weighted by Crippen LogP contribution is -2.36. The molecule has 2 rings (SSSR count). The molecule has 6 nitrogen and oxygen atoms in total. The summed E-state index contributed by atoms with van der Waals surface area (Å²) in [6.07, 6.45) is 0.985. The van der Waals surface area contributed by atoms with Crippen LogP contribution >= 0.6 is 0 Å². The molecule has 1 aromatic rings. The Bertz CT molecular complexity index is 332. The van der Waals surface area contributed by atoms with Gasteiger partial charge in [0.05, 0.1) is 12.6 Å². The van der Waals surface area contributed by atoms with E-state index in [0.29, 0.717) is 18.0 Å². The molecule has 2 heterocycles. The SMILES string of the molecule is CCOC(=O)c1n[nH]nc1C1CCN1. The fourth-order valence-electron chi connectivity index (χ4n) is 1.35. The number of carbonyl (C=O) groups excluding carboxylic acids is 1. The van der Waals surface area contributed by atoms with Gasteiger partial charge in [-0.25, -0.2) is 4.79 Å². The highest BCUT2D eigenvalue weighted by Gasteiger charge is 2.28. The number of rotatable bonds is 3. The molecule has 1 aliphatic rings. The Labute approximate surface area is 81.0 Å². The van der Waals surface area contributed by atoms with Gasteiger partial charge in [-0.05, 0) is 19.9 Å². The van der Waals surface area contributed by atoms with Gasteiger partial charge in [0.15, 0.2) is 5.69 Å². The number of aromatic amines is 1. The highest BCUT2D eigenvalue weighted by atomic mass is 16.5. The maximum Gasteiger partial charge on any atom is 0.360 e. The van der Waals surface area contributed by atoms with Crippen LogP contribution in [-0.2, 0) is 4.74 Å². The van der Waals surface area contributed by atoms with Crippen LogP contribution in [0, 0.1) is 0 Å². The minimum absolute atomic E-state index is 0.146. The molecular formula is C8H12N4O2. The molecular weight excluding hydrogens is 184 g/mol. The largest absolute Gasteiger partial charge is 0.461 e. The fraction of sp³-hybridized carbons (Fsp3) is 0.625. The monoisotopic (exact) mass is 196 g/mol. The molecule has 0 radical (unpaired) electrons. The number of H-pyrrole nitrogens is 1. The predicted molar refractivity (Wildman–Crippen MR) is 47.7 cm³/mol. The third-order valence-electron chi connectivity index (χ3n) is 2.20. The van der Waals surface area contributed by atoms with E-state index in [0.717, 1.165) is 13.0 Å². The van der Waals surface area contributed by atoms with Gasteiger partial charge in [-0.15, -0.1) is 5.10 Å². The van der Waals surface area contributed by atoms with Crippen molar-refractivity contribution in [3.05, 3.63) is 11.4 Å². The van der Waals surface area contributed by atoms with E-state index in [4.69, 9.17) is 4.74 Å². The molecule has 0 aliphatic carbocycles. The second-order valence-electron chi connectivity index (χ2n) is 3.07. The third kappa shape index (κ3) is 1.48. The fourth-order valence-corrected chi connectivity index (χ4v) is 1.35. The second kappa shape index (κ2) is 3.75. The average Bonchev–Trinajstić information content (AvgIpc) is 2.50. The van der Waals surface area contributed by atoms with E-state index < -0.39 is 5.97 Å². The van der Waals surface area contributed by atoms with Gasteiger partial charge >= 0.3 is 5.97 Å². The van der Waals surface area contributed by atoms with Crippen LogP contribution < -0.4 is 5.32 Å². The Balaban J connectivity index is 2.16. The van der Waals surface area contributed by atoms with Crippen LogP contribution in [0.5, 0.6) is 0 Å². The molecule has 1 saturated heterocycles. The molecule has 6 heteroatoms. The van der Waals surface area contributed by atoms with Gasteiger partial charge in [-0.1, -0.05) is 0 Å². The summed E-state index contributed by atoms with van der Waals surface area (Å²) in [6.45, 7) is 3.07. The number of carbonyl (C=O) groups is 1. The maximum absolute atomic E-state index is 11.4. The molecule has 0 saturated carbocycles. The number of esters is 1. The van der Waals surface area contributed by atoms with Crippen molar-refractivity contribution in [3.8, 4) is 0 Å². The average molecular weight is 196 g/mol. The van der Waals surface area contributed by atoms with Crippen LogP contribution in [-0.4, -0.2) is 34.5 Å². The highest BCUT2D eigenvalue weighted by Crippen LogP contribution is 2.22. The van der Waals surface area contributed by atoms with E-state index in [2.05, 4.69) is 20.7 Å². The number of aromatic nitrogens is 3.